The summed E-state index contributed by atoms with van der Waals surface area (Å²) in [5.41, 5.74) is 6.90. The molecule has 3 atom stereocenters. The monoisotopic (exact) mass is 390 g/mol. The van der Waals surface area contributed by atoms with E-state index in [1.165, 1.54) is 0 Å². The maximum atomic E-state index is 10.1. The summed E-state index contributed by atoms with van der Waals surface area (Å²) in [5, 5.41) is 30.5. The Morgan fingerprint density at radius 3 is 2.21 bits per heavy atom. The van der Waals surface area contributed by atoms with Crippen LogP contribution in [0.3, 0.4) is 0 Å². The van der Waals surface area contributed by atoms with Gasteiger partial charge >= 0.3 is 0 Å². The van der Waals surface area contributed by atoms with Crippen LogP contribution in [-0.4, -0.2) is 0 Å². The molecule has 0 amide bonds. The summed E-state index contributed by atoms with van der Waals surface area (Å²) in [5.74, 6) is -0.195. The van der Waals surface area contributed by atoms with Crippen LogP contribution in [0.2, 0.25) is 5.02 Å². The molecule has 2 aliphatic carbocycles. The molecule has 0 spiro atoms. The highest BCUT2D eigenvalue weighted by molar-refractivity contribution is 6.30. The second-order valence-electron chi connectivity index (χ2n) is 8.76. The van der Waals surface area contributed by atoms with E-state index in [2.05, 4.69) is 45.1 Å². The van der Waals surface area contributed by atoms with Gasteiger partial charge in [0.2, 0.25) is 0 Å². The molecular formula is C23H23ClN4. The Morgan fingerprint density at radius 2 is 1.71 bits per heavy atom. The van der Waals surface area contributed by atoms with Crippen LogP contribution in [0, 0.1) is 56.7 Å². The third kappa shape index (κ3) is 2.97. The van der Waals surface area contributed by atoms with Crippen LogP contribution in [0.5, 0.6) is 0 Å². The van der Waals surface area contributed by atoms with Gasteiger partial charge in [-0.2, -0.15) is 15.8 Å². The Morgan fingerprint density at radius 1 is 1.11 bits per heavy atom. The van der Waals surface area contributed by atoms with Crippen molar-refractivity contribution >= 4 is 11.6 Å². The van der Waals surface area contributed by atoms with Crippen molar-refractivity contribution in [3.05, 3.63) is 57.8 Å². The summed E-state index contributed by atoms with van der Waals surface area (Å²) in [6.07, 6.45) is 3.75. The van der Waals surface area contributed by atoms with E-state index in [0.29, 0.717) is 16.5 Å². The van der Waals surface area contributed by atoms with Gasteiger partial charge < -0.3 is 5.73 Å². The molecule has 0 heterocycles. The number of hydrogen-bond acceptors (Lipinski definition) is 4. The lowest BCUT2D eigenvalue weighted by Gasteiger charge is -2.47. The van der Waals surface area contributed by atoms with E-state index in [4.69, 9.17) is 17.3 Å². The first-order valence-corrected chi connectivity index (χ1v) is 9.76. The smallest absolute Gasteiger partial charge is 0.191 e. The Labute approximate surface area is 171 Å². The Balaban J connectivity index is 2.29. The van der Waals surface area contributed by atoms with Crippen molar-refractivity contribution in [1.29, 1.82) is 15.8 Å². The van der Waals surface area contributed by atoms with Gasteiger partial charge in [0.25, 0.3) is 0 Å². The first-order chi connectivity index (χ1) is 13.2. The molecule has 1 aromatic rings. The third-order valence-corrected chi connectivity index (χ3v) is 6.58. The number of fused-ring (bicyclic) bond motifs is 1. The minimum atomic E-state index is -1.58. The fourth-order valence-corrected chi connectivity index (χ4v) is 4.77. The molecule has 0 bridgehead atoms. The molecule has 3 rings (SSSR count). The average Bonchev–Trinajstić information content (AvgIpc) is 2.67. The topological polar surface area (TPSA) is 97.4 Å². The van der Waals surface area contributed by atoms with E-state index >= 15 is 0 Å². The molecule has 28 heavy (non-hydrogen) atoms. The van der Waals surface area contributed by atoms with E-state index in [1.54, 1.807) is 12.1 Å². The first-order valence-electron chi connectivity index (χ1n) is 9.38. The van der Waals surface area contributed by atoms with Gasteiger partial charge in [0, 0.05) is 10.9 Å². The van der Waals surface area contributed by atoms with E-state index in [0.717, 1.165) is 24.0 Å². The lowest BCUT2D eigenvalue weighted by Crippen LogP contribution is -2.44. The van der Waals surface area contributed by atoms with Gasteiger partial charge in [-0.15, -0.1) is 0 Å². The summed E-state index contributed by atoms with van der Waals surface area (Å²) in [6.45, 7) is 6.61. The molecule has 142 valence electrons. The van der Waals surface area contributed by atoms with E-state index < -0.39 is 11.3 Å². The highest BCUT2D eigenvalue weighted by atomic mass is 35.5. The number of halogens is 1. The van der Waals surface area contributed by atoms with Crippen molar-refractivity contribution in [2.45, 2.75) is 39.5 Å². The lowest BCUT2D eigenvalue weighted by atomic mass is 9.54. The SMILES string of the molecule is CC(C)(C)[C@@H]1CC=C2C(C#N)=C(N)C(C#N)(C#N)[C@H](c3ccc(Cl)cc3)[C@H]2C1. The molecule has 0 fully saturated rings. The maximum Gasteiger partial charge on any atom is 0.191 e. The first kappa shape index (κ1) is 20.0. The van der Waals surface area contributed by atoms with Crippen molar-refractivity contribution < 1.29 is 0 Å². The predicted molar refractivity (Wildman–Crippen MR) is 108 cm³/mol. The third-order valence-electron chi connectivity index (χ3n) is 6.33. The van der Waals surface area contributed by atoms with E-state index in [-0.39, 0.29) is 17.0 Å². The molecule has 4 nitrogen and oxygen atoms in total. The summed E-state index contributed by atoms with van der Waals surface area (Å²) >= 11 is 6.07. The number of allylic oxidation sites excluding steroid dienone is 4. The van der Waals surface area contributed by atoms with Crippen LogP contribution < -0.4 is 5.73 Å². The van der Waals surface area contributed by atoms with Crippen LogP contribution in [0.4, 0.5) is 0 Å². The van der Waals surface area contributed by atoms with Crippen LogP contribution in [-0.2, 0) is 0 Å². The van der Waals surface area contributed by atoms with Gasteiger partial charge in [0.15, 0.2) is 5.41 Å². The van der Waals surface area contributed by atoms with E-state index in [9.17, 15) is 15.8 Å². The molecule has 0 aliphatic heterocycles. The second-order valence-corrected chi connectivity index (χ2v) is 9.20. The van der Waals surface area contributed by atoms with Crippen molar-refractivity contribution in [1.82, 2.24) is 0 Å². The molecule has 5 heteroatoms. The highest BCUT2D eigenvalue weighted by Crippen LogP contribution is 2.57. The van der Waals surface area contributed by atoms with Crippen LogP contribution >= 0.6 is 11.6 Å². The number of rotatable bonds is 1. The zero-order valence-electron chi connectivity index (χ0n) is 16.3. The Hall–Kier alpha value is -2.74. The molecule has 0 unspecified atom stereocenters. The van der Waals surface area contributed by atoms with Crippen molar-refractivity contribution in [3.63, 3.8) is 0 Å². The molecule has 2 N–H and O–H groups in total. The fourth-order valence-electron chi connectivity index (χ4n) is 4.64. The number of benzene rings is 1. The minimum Gasteiger partial charge on any atom is -0.399 e. The summed E-state index contributed by atoms with van der Waals surface area (Å²) in [6, 6.07) is 13.8. The zero-order chi connectivity index (χ0) is 20.7. The number of nitrogens with two attached hydrogens (primary N) is 1. The molecule has 0 saturated carbocycles. The normalized spacial score (nSPS) is 26.3. The van der Waals surface area contributed by atoms with Crippen molar-refractivity contribution in [2.24, 2.45) is 28.4 Å². The fraction of sp³-hybridized carbons (Fsp3) is 0.435. The predicted octanol–water partition coefficient (Wildman–Crippen LogP) is 5.21. The standard InChI is InChI=1S/C23H23ClN4/c1-22(2,3)15-6-9-17-18(10-15)20(14-4-7-16(24)8-5-14)23(12-26,13-27)21(28)19(17)11-25/h4-5,7-9,15,18,20H,6,10,28H2,1-3H3/t15-,18+,20-/m1/s1. The van der Waals surface area contributed by atoms with Gasteiger partial charge in [-0.05, 0) is 53.4 Å². The van der Waals surface area contributed by atoms with Gasteiger partial charge in [0.05, 0.1) is 23.4 Å². The summed E-state index contributed by atoms with van der Waals surface area (Å²) < 4.78 is 0. The number of hydrogen-bond donors (Lipinski definition) is 1. The quantitative estimate of drug-likeness (QED) is 0.711. The number of nitriles is 3. The van der Waals surface area contributed by atoms with E-state index in [1.807, 2.05) is 12.1 Å². The highest BCUT2D eigenvalue weighted by Gasteiger charge is 2.54. The van der Waals surface area contributed by atoms with Crippen LogP contribution in [0.25, 0.3) is 0 Å². The van der Waals surface area contributed by atoms with Crippen LogP contribution in [0.15, 0.2) is 47.2 Å². The molecule has 0 aromatic heterocycles. The Bertz CT molecular complexity index is 960. The molecule has 0 saturated heterocycles. The van der Waals surface area contributed by atoms with Crippen molar-refractivity contribution in [2.75, 3.05) is 0 Å². The second kappa shape index (κ2) is 7.01. The summed E-state index contributed by atoms with van der Waals surface area (Å²) in [4.78, 5) is 0. The largest absolute Gasteiger partial charge is 0.399 e. The van der Waals surface area contributed by atoms with Crippen molar-refractivity contribution in [3.8, 4) is 18.2 Å². The maximum absolute atomic E-state index is 10.1. The van der Waals surface area contributed by atoms with Gasteiger partial charge in [-0.3, -0.25) is 0 Å². The molecule has 1 aromatic carbocycles. The molecule has 0 radical (unpaired) electrons. The van der Waals surface area contributed by atoms with Gasteiger partial charge in [0.1, 0.15) is 6.07 Å². The number of nitrogens with zero attached hydrogens (tertiary/aromatic N) is 3. The van der Waals surface area contributed by atoms with Gasteiger partial charge in [-0.1, -0.05) is 50.6 Å². The zero-order valence-corrected chi connectivity index (χ0v) is 17.1. The van der Waals surface area contributed by atoms with Crippen LogP contribution in [0.1, 0.15) is 45.1 Å². The lowest BCUT2D eigenvalue weighted by molar-refractivity contribution is 0.170. The Kier molecular flexibility index (Phi) is 5.01. The van der Waals surface area contributed by atoms with Gasteiger partial charge in [-0.25, -0.2) is 0 Å². The summed E-state index contributed by atoms with van der Waals surface area (Å²) in [7, 11) is 0. The minimum absolute atomic E-state index is 0.0664. The molecular weight excluding hydrogens is 368 g/mol. The molecule has 2 aliphatic rings. The average molecular weight is 391 g/mol.